The molecule has 122 valence electrons. The van der Waals surface area contributed by atoms with Crippen molar-refractivity contribution >= 4 is 10.8 Å². The number of hydrogen-bond acceptors (Lipinski definition) is 0. The highest BCUT2D eigenvalue weighted by Gasteiger charge is 2.21. The zero-order chi connectivity index (χ0) is 14.9. The molecule has 0 bridgehead atoms. The Morgan fingerprint density at radius 2 is 1.26 bits per heavy atom. The normalized spacial score (nSPS) is 10.7. The van der Waals surface area contributed by atoms with Gasteiger partial charge in [-0.3, -0.25) is 0 Å². The highest BCUT2D eigenvalue weighted by Crippen LogP contribution is 2.37. The third-order valence-corrected chi connectivity index (χ3v) is 4.62. The quantitative estimate of drug-likeness (QED) is 0.471. The van der Waals surface area contributed by atoms with E-state index in [-0.39, 0.29) is 20.3 Å². The summed E-state index contributed by atoms with van der Waals surface area (Å²) in [6.07, 6.45) is 1.14. The van der Waals surface area contributed by atoms with Gasteiger partial charge in [-0.15, -0.1) is 0 Å². The fraction of sp³-hybridized carbons (Fsp3) is 0.304. The van der Waals surface area contributed by atoms with E-state index in [0.29, 0.717) is 0 Å². The molecule has 0 N–H and O–H groups in total. The molecule has 0 unspecified atom stereocenters. The van der Waals surface area contributed by atoms with Gasteiger partial charge in [-0.05, 0) is 39.3 Å². The second-order valence-electron chi connectivity index (χ2n) is 6.31. The van der Waals surface area contributed by atoms with Crippen LogP contribution in [0.5, 0.6) is 0 Å². The molecule has 0 aliphatic rings. The van der Waals surface area contributed by atoms with Gasteiger partial charge in [0, 0.05) is 0 Å². The summed E-state index contributed by atoms with van der Waals surface area (Å²) < 4.78 is 0. The van der Waals surface area contributed by atoms with Crippen LogP contribution in [0.1, 0.15) is 47.6 Å². The van der Waals surface area contributed by atoms with Crippen molar-refractivity contribution in [2.24, 2.45) is 0 Å². The fourth-order valence-electron chi connectivity index (χ4n) is 2.95. The second-order valence-corrected chi connectivity index (χ2v) is 6.31. The molecule has 0 nitrogen and oxygen atoms in total. The van der Waals surface area contributed by atoms with Gasteiger partial charge in [-0.25, -0.2) is 0 Å². The van der Waals surface area contributed by atoms with Crippen molar-refractivity contribution in [2.45, 2.75) is 47.5 Å². The monoisotopic (exact) mass is 306 g/mol. The third kappa shape index (κ3) is 3.47. The summed E-state index contributed by atoms with van der Waals surface area (Å²) in [6.45, 7) is 6.92. The molecule has 0 amide bonds. The number of hydrogen-bond donors (Lipinski definition) is 0. The maximum absolute atomic E-state index is 2.33. The van der Waals surface area contributed by atoms with Crippen molar-refractivity contribution in [1.82, 2.24) is 0 Å². The van der Waals surface area contributed by atoms with Gasteiger partial charge >= 0.3 is 0 Å². The molecule has 23 heavy (non-hydrogen) atoms. The second kappa shape index (κ2) is 7.46. The minimum atomic E-state index is 0. The van der Waals surface area contributed by atoms with Gasteiger partial charge in [-0.1, -0.05) is 102 Å². The van der Waals surface area contributed by atoms with Gasteiger partial charge in [0.25, 0.3) is 0 Å². The van der Waals surface area contributed by atoms with Crippen molar-refractivity contribution in [2.75, 3.05) is 0 Å². The Labute approximate surface area is 142 Å². The molecule has 0 saturated carbocycles. The molecule has 0 aliphatic carbocycles. The maximum atomic E-state index is 2.33. The van der Waals surface area contributed by atoms with Crippen LogP contribution in [-0.4, -0.2) is 0 Å². The molecule has 0 saturated heterocycles. The van der Waals surface area contributed by atoms with Crippen LogP contribution in [0.4, 0.5) is 0 Å². The van der Waals surface area contributed by atoms with Crippen LogP contribution in [0.2, 0.25) is 0 Å². The molecule has 0 spiro atoms. The summed E-state index contributed by atoms with van der Waals surface area (Å²) in [5.74, 6) is 0. The molecule has 0 aromatic heterocycles. The third-order valence-electron chi connectivity index (χ3n) is 4.62. The molecule has 0 heteroatoms. The highest BCUT2D eigenvalue weighted by atomic mass is 14.2. The van der Waals surface area contributed by atoms with Crippen LogP contribution < -0.4 is 0 Å². The highest BCUT2D eigenvalue weighted by molar-refractivity contribution is 5.99. The summed E-state index contributed by atoms with van der Waals surface area (Å²) in [4.78, 5) is 0. The fourth-order valence-corrected chi connectivity index (χ4v) is 2.95. The van der Waals surface area contributed by atoms with E-state index in [4.69, 9.17) is 0 Å². The standard InChI is InChI=1S/C21H22.2CH4/c1-4-21(2,3)20-15-14-17(16-10-6-5-7-11-16)18-12-8-9-13-19(18)20;;/h5-15H,4H2,1-3H3;2*1H4. The van der Waals surface area contributed by atoms with Gasteiger partial charge in [0.2, 0.25) is 0 Å². The Kier molecular flexibility index (Phi) is 6.15. The van der Waals surface area contributed by atoms with Crippen LogP contribution in [0.3, 0.4) is 0 Å². The van der Waals surface area contributed by atoms with Crippen molar-refractivity contribution in [3.8, 4) is 11.1 Å². The lowest BCUT2D eigenvalue weighted by Gasteiger charge is -2.26. The first-order chi connectivity index (χ1) is 10.1. The van der Waals surface area contributed by atoms with Crippen molar-refractivity contribution in [3.63, 3.8) is 0 Å². The largest absolute Gasteiger partial charge is 0.0776 e. The van der Waals surface area contributed by atoms with E-state index in [1.165, 1.54) is 27.5 Å². The van der Waals surface area contributed by atoms with E-state index in [1.807, 2.05) is 0 Å². The van der Waals surface area contributed by atoms with E-state index in [0.717, 1.165) is 6.42 Å². The van der Waals surface area contributed by atoms with Crippen molar-refractivity contribution in [3.05, 3.63) is 72.3 Å². The van der Waals surface area contributed by atoms with Gasteiger partial charge in [0.1, 0.15) is 0 Å². The predicted molar refractivity (Wildman–Crippen MR) is 106 cm³/mol. The minimum Gasteiger partial charge on any atom is -0.0776 e. The van der Waals surface area contributed by atoms with Crippen LogP contribution in [-0.2, 0) is 5.41 Å². The van der Waals surface area contributed by atoms with Crippen LogP contribution in [0, 0.1) is 0 Å². The van der Waals surface area contributed by atoms with Gasteiger partial charge in [0.05, 0.1) is 0 Å². The molecular weight excluding hydrogens is 276 g/mol. The molecule has 3 aromatic rings. The number of benzene rings is 3. The van der Waals surface area contributed by atoms with Crippen LogP contribution in [0.25, 0.3) is 21.9 Å². The molecule has 0 radical (unpaired) electrons. The number of rotatable bonds is 3. The molecule has 0 aliphatic heterocycles. The van der Waals surface area contributed by atoms with E-state index in [1.54, 1.807) is 0 Å². The van der Waals surface area contributed by atoms with E-state index in [2.05, 4.69) is 87.5 Å². The van der Waals surface area contributed by atoms with Gasteiger partial charge in [-0.2, -0.15) is 0 Å². The molecule has 0 heterocycles. The summed E-state index contributed by atoms with van der Waals surface area (Å²) in [6, 6.07) is 24.0. The Morgan fingerprint density at radius 1 is 0.696 bits per heavy atom. The summed E-state index contributed by atoms with van der Waals surface area (Å²) in [7, 11) is 0. The lowest BCUT2D eigenvalue weighted by Crippen LogP contribution is -2.15. The van der Waals surface area contributed by atoms with Gasteiger partial charge < -0.3 is 0 Å². The Morgan fingerprint density at radius 3 is 1.87 bits per heavy atom. The predicted octanol–water partition coefficient (Wildman–Crippen LogP) is 7.47. The zero-order valence-corrected chi connectivity index (χ0v) is 13.1. The van der Waals surface area contributed by atoms with Crippen LogP contribution >= 0.6 is 0 Å². The average molecular weight is 306 g/mol. The summed E-state index contributed by atoms with van der Waals surface area (Å²) in [5, 5.41) is 2.73. The maximum Gasteiger partial charge on any atom is -0.0100 e. The average Bonchev–Trinajstić information content (AvgIpc) is 2.54. The van der Waals surface area contributed by atoms with Crippen LogP contribution in [0.15, 0.2) is 66.7 Å². The first-order valence-electron chi connectivity index (χ1n) is 7.71. The Hall–Kier alpha value is -2.08. The number of fused-ring (bicyclic) bond motifs is 1. The first-order valence-corrected chi connectivity index (χ1v) is 7.71. The van der Waals surface area contributed by atoms with Crippen molar-refractivity contribution in [1.29, 1.82) is 0 Å². The SMILES string of the molecule is C.C.CCC(C)(C)c1ccc(-c2ccccc2)c2ccccc12. The summed E-state index contributed by atoms with van der Waals surface area (Å²) >= 11 is 0. The molecule has 3 rings (SSSR count). The molecule has 3 aromatic carbocycles. The summed E-state index contributed by atoms with van der Waals surface area (Å²) in [5.41, 5.74) is 4.26. The van der Waals surface area contributed by atoms with Gasteiger partial charge in [0.15, 0.2) is 0 Å². The zero-order valence-electron chi connectivity index (χ0n) is 13.1. The van der Waals surface area contributed by atoms with Crippen molar-refractivity contribution < 1.29 is 0 Å². The molecular formula is C23H30. The first kappa shape index (κ1) is 19.0. The van der Waals surface area contributed by atoms with E-state index < -0.39 is 0 Å². The minimum absolute atomic E-state index is 0. The topological polar surface area (TPSA) is 0 Å². The van der Waals surface area contributed by atoms with E-state index >= 15 is 0 Å². The lowest BCUT2D eigenvalue weighted by molar-refractivity contribution is 0.511. The molecule has 0 atom stereocenters. The van der Waals surface area contributed by atoms with E-state index in [9.17, 15) is 0 Å². The Balaban J connectivity index is 0.00000132. The molecule has 0 fully saturated rings. The Bertz CT molecular complexity index is 751. The smallest absolute Gasteiger partial charge is 0.0100 e. The lowest BCUT2D eigenvalue weighted by atomic mass is 9.78.